The van der Waals surface area contributed by atoms with E-state index in [9.17, 15) is 13.2 Å². The lowest BCUT2D eigenvalue weighted by molar-refractivity contribution is -0.179. The van der Waals surface area contributed by atoms with E-state index in [-0.39, 0.29) is 10.9 Å². The van der Waals surface area contributed by atoms with Crippen LogP contribution in [0.3, 0.4) is 0 Å². The van der Waals surface area contributed by atoms with Gasteiger partial charge in [0.2, 0.25) is 10.0 Å². The summed E-state index contributed by atoms with van der Waals surface area (Å²) in [5.41, 5.74) is 1.68. The molecule has 8 nitrogen and oxygen atoms in total. The van der Waals surface area contributed by atoms with E-state index < -0.39 is 15.8 Å². The molecule has 0 atom stereocenters. The van der Waals surface area contributed by atoms with E-state index in [1.807, 2.05) is 6.92 Å². The summed E-state index contributed by atoms with van der Waals surface area (Å²) in [5, 5.41) is 2.87. The van der Waals surface area contributed by atoms with Gasteiger partial charge in [-0.05, 0) is 36.6 Å². The van der Waals surface area contributed by atoms with Gasteiger partial charge in [-0.25, -0.2) is 13.2 Å². The Balaban J connectivity index is 1.48. The Morgan fingerprint density at radius 1 is 1.18 bits per heavy atom. The Morgan fingerprint density at radius 3 is 2.57 bits per heavy atom. The zero-order valence-corrected chi connectivity index (χ0v) is 17.0. The molecule has 28 heavy (non-hydrogen) atoms. The Morgan fingerprint density at radius 2 is 1.89 bits per heavy atom. The van der Waals surface area contributed by atoms with Crippen LogP contribution in [0.25, 0.3) is 0 Å². The fourth-order valence-electron chi connectivity index (χ4n) is 4.08. The summed E-state index contributed by atoms with van der Waals surface area (Å²) < 4.78 is 39.1. The fourth-order valence-corrected chi connectivity index (χ4v) is 5.57. The monoisotopic (exact) mass is 409 g/mol. The minimum absolute atomic E-state index is 0.130. The molecule has 3 aliphatic rings. The molecule has 3 aliphatic heterocycles. The van der Waals surface area contributed by atoms with E-state index in [0.29, 0.717) is 58.7 Å². The minimum atomic E-state index is -3.58. The zero-order valence-electron chi connectivity index (χ0n) is 16.1. The first-order valence-electron chi connectivity index (χ1n) is 9.92. The molecule has 4 rings (SSSR count). The van der Waals surface area contributed by atoms with Gasteiger partial charge in [0.25, 0.3) is 0 Å². The van der Waals surface area contributed by atoms with Crippen LogP contribution in [-0.2, 0) is 25.9 Å². The molecule has 2 amide bonds. The second-order valence-corrected chi connectivity index (χ2v) is 9.37. The van der Waals surface area contributed by atoms with Crippen LogP contribution >= 0.6 is 0 Å². The van der Waals surface area contributed by atoms with Gasteiger partial charge in [0, 0.05) is 44.7 Å². The minimum Gasteiger partial charge on any atom is -0.347 e. The van der Waals surface area contributed by atoms with Crippen LogP contribution < -0.4 is 10.2 Å². The maximum absolute atomic E-state index is 13.1. The number of nitrogens with one attached hydrogen (secondary N) is 1. The summed E-state index contributed by atoms with van der Waals surface area (Å²) in [4.78, 5) is 14.2. The van der Waals surface area contributed by atoms with Crippen LogP contribution in [0.15, 0.2) is 23.1 Å². The first-order chi connectivity index (χ1) is 13.5. The molecule has 2 fully saturated rings. The number of rotatable bonds is 4. The average Bonchev–Trinajstić information content (AvgIpc) is 3.33. The van der Waals surface area contributed by atoms with Crippen molar-refractivity contribution in [2.24, 2.45) is 0 Å². The van der Waals surface area contributed by atoms with Crippen molar-refractivity contribution in [2.75, 3.05) is 44.3 Å². The number of anilines is 1. The largest absolute Gasteiger partial charge is 0.347 e. The summed E-state index contributed by atoms with van der Waals surface area (Å²) in [5.74, 6) is -0.601. The van der Waals surface area contributed by atoms with Gasteiger partial charge in [-0.3, -0.25) is 4.90 Å². The lowest BCUT2D eigenvalue weighted by Gasteiger charge is -2.36. The number of fused-ring (bicyclic) bond motifs is 1. The Hall–Kier alpha value is -1.68. The van der Waals surface area contributed by atoms with Crippen LogP contribution in [0.5, 0.6) is 0 Å². The van der Waals surface area contributed by atoms with Crippen LogP contribution in [-0.4, -0.2) is 63.9 Å². The van der Waals surface area contributed by atoms with Gasteiger partial charge in [0.15, 0.2) is 5.79 Å². The molecular formula is C19H27N3O5S. The topological polar surface area (TPSA) is 88.2 Å². The van der Waals surface area contributed by atoms with E-state index in [1.165, 1.54) is 4.31 Å². The number of piperidine rings is 1. The summed E-state index contributed by atoms with van der Waals surface area (Å²) in [6, 6.07) is 4.93. The Labute approximate surface area is 165 Å². The fraction of sp³-hybridized carbons (Fsp3) is 0.632. The molecule has 0 aliphatic carbocycles. The molecule has 9 heteroatoms. The quantitative estimate of drug-likeness (QED) is 0.818. The lowest BCUT2D eigenvalue weighted by atomic mass is 10.1. The highest BCUT2D eigenvalue weighted by Crippen LogP contribution is 2.35. The maximum Gasteiger partial charge on any atom is 0.321 e. The van der Waals surface area contributed by atoms with Crippen LogP contribution in [0.1, 0.15) is 31.7 Å². The molecule has 2 saturated heterocycles. The second kappa shape index (κ2) is 7.62. The first kappa shape index (κ1) is 19.6. The molecule has 0 radical (unpaired) electrons. The van der Waals surface area contributed by atoms with Gasteiger partial charge >= 0.3 is 6.03 Å². The smallest absolute Gasteiger partial charge is 0.321 e. The molecule has 154 valence electrons. The molecule has 1 aromatic rings. The second-order valence-electron chi connectivity index (χ2n) is 7.44. The zero-order chi connectivity index (χ0) is 19.8. The molecule has 3 heterocycles. The predicted octanol–water partition coefficient (Wildman–Crippen LogP) is 1.70. The van der Waals surface area contributed by atoms with Crippen molar-refractivity contribution in [3.05, 3.63) is 23.8 Å². The van der Waals surface area contributed by atoms with E-state index in [0.717, 1.165) is 17.7 Å². The molecular weight excluding hydrogens is 382 g/mol. The molecule has 1 spiro atoms. The molecule has 0 saturated carbocycles. The number of nitrogens with zero attached hydrogens (tertiary/aromatic N) is 2. The number of carbonyl (C=O) groups is 1. The lowest BCUT2D eigenvalue weighted by Crippen LogP contribution is -2.47. The van der Waals surface area contributed by atoms with Crippen molar-refractivity contribution in [2.45, 2.75) is 43.3 Å². The number of carbonyl (C=O) groups excluding carboxylic acids is 1. The number of sulfonamides is 1. The summed E-state index contributed by atoms with van der Waals surface area (Å²) in [7, 11) is -3.58. The van der Waals surface area contributed by atoms with Gasteiger partial charge in [0.05, 0.1) is 18.1 Å². The van der Waals surface area contributed by atoms with Crippen LogP contribution in [0.4, 0.5) is 10.5 Å². The average molecular weight is 410 g/mol. The Kier molecular flexibility index (Phi) is 5.34. The van der Waals surface area contributed by atoms with Crippen molar-refractivity contribution < 1.29 is 22.7 Å². The number of benzene rings is 1. The van der Waals surface area contributed by atoms with Gasteiger partial charge in [-0.2, -0.15) is 4.31 Å². The highest BCUT2D eigenvalue weighted by molar-refractivity contribution is 7.89. The highest BCUT2D eigenvalue weighted by Gasteiger charge is 2.42. The molecule has 0 aromatic heterocycles. The number of ether oxygens (including phenoxy) is 2. The maximum atomic E-state index is 13.1. The number of amides is 2. The standard InChI is InChI=1S/C19H27N3O5S/c1-2-8-20-18(23)22-9-5-15-14-16(3-4-17(15)22)28(24,25)21-10-6-19(7-11-21)26-12-13-27-19/h3-4,14H,2,5-13H2,1H3,(H,20,23). The van der Waals surface area contributed by atoms with Crippen molar-refractivity contribution in [3.8, 4) is 0 Å². The first-order valence-corrected chi connectivity index (χ1v) is 11.4. The summed E-state index contributed by atoms with van der Waals surface area (Å²) in [6.07, 6.45) is 2.62. The summed E-state index contributed by atoms with van der Waals surface area (Å²) >= 11 is 0. The van der Waals surface area contributed by atoms with Crippen LogP contribution in [0.2, 0.25) is 0 Å². The Bertz CT molecular complexity index is 841. The number of hydrogen-bond acceptors (Lipinski definition) is 5. The third-order valence-electron chi connectivity index (χ3n) is 5.65. The van der Waals surface area contributed by atoms with E-state index in [2.05, 4.69) is 5.32 Å². The van der Waals surface area contributed by atoms with Gasteiger partial charge in [-0.1, -0.05) is 6.92 Å². The molecule has 0 bridgehead atoms. The van der Waals surface area contributed by atoms with Crippen molar-refractivity contribution in [1.82, 2.24) is 9.62 Å². The van der Waals surface area contributed by atoms with E-state index >= 15 is 0 Å². The van der Waals surface area contributed by atoms with Gasteiger partial charge in [0.1, 0.15) is 0 Å². The molecule has 0 unspecified atom stereocenters. The van der Waals surface area contributed by atoms with Gasteiger partial charge in [-0.15, -0.1) is 0 Å². The summed E-state index contributed by atoms with van der Waals surface area (Å²) in [6.45, 7) is 5.09. The van der Waals surface area contributed by atoms with E-state index in [1.54, 1.807) is 23.1 Å². The highest BCUT2D eigenvalue weighted by atomic mass is 32.2. The number of urea groups is 1. The number of hydrogen-bond donors (Lipinski definition) is 1. The van der Waals surface area contributed by atoms with Crippen LogP contribution in [0, 0.1) is 0 Å². The third kappa shape index (κ3) is 3.52. The third-order valence-corrected chi connectivity index (χ3v) is 7.55. The van der Waals surface area contributed by atoms with E-state index in [4.69, 9.17) is 9.47 Å². The normalized spacial score (nSPS) is 21.8. The van der Waals surface area contributed by atoms with Gasteiger partial charge < -0.3 is 14.8 Å². The SMILES string of the molecule is CCCNC(=O)N1CCc2cc(S(=O)(=O)N3CCC4(CC3)OCCO4)ccc21. The van der Waals surface area contributed by atoms with Crippen molar-refractivity contribution in [1.29, 1.82) is 0 Å². The van der Waals surface area contributed by atoms with Crippen molar-refractivity contribution >= 4 is 21.7 Å². The van der Waals surface area contributed by atoms with Crippen molar-refractivity contribution in [3.63, 3.8) is 0 Å². The molecule has 1 aromatic carbocycles. The predicted molar refractivity (Wildman–Crippen MR) is 104 cm³/mol. The molecule has 1 N–H and O–H groups in total.